The van der Waals surface area contributed by atoms with Gasteiger partial charge in [-0.05, 0) is 24.8 Å². The molecule has 2 fully saturated rings. The maximum absolute atomic E-state index is 12.3. The summed E-state index contributed by atoms with van der Waals surface area (Å²) in [6, 6.07) is 10.0. The Balaban J connectivity index is 1.71. The van der Waals surface area contributed by atoms with Gasteiger partial charge in [0.25, 0.3) is 0 Å². The number of rotatable bonds is 3. The van der Waals surface area contributed by atoms with E-state index in [0.29, 0.717) is 32.6 Å². The molecule has 1 unspecified atom stereocenters. The minimum absolute atomic E-state index is 0.00816. The standard InChI is InChI=1S/C18H24N2O3/c21-12-17(23)19-10-4-8-18(13-19)9-7-16(22)20(14-18)11-15-5-2-1-3-6-15/h1-3,5-6,21H,4,7-14H2. The predicted molar refractivity (Wildman–Crippen MR) is 86.4 cm³/mol. The van der Waals surface area contributed by atoms with Gasteiger partial charge in [0.2, 0.25) is 11.8 Å². The largest absolute Gasteiger partial charge is 0.387 e. The van der Waals surface area contributed by atoms with Crippen molar-refractivity contribution in [3.8, 4) is 0 Å². The Morgan fingerprint density at radius 2 is 1.96 bits per heavy atom. The third-order valence-electron chi connectivity index (χ3n) is 5.11. The van der Waals surface area contributed by atoms with Crippen LogP contribution in [0.4, 0.5) is 0 Å². The second kappa shape index (κ2) is 6.71. The molecule has 0 saturated carbocycles. The average molecular weight is 316 g/mol. The highest BCUT2D eigenvalue weighted by atomic mass is 16.3. The Bertz CT molecular complexity index is 575. The first-order valence-electron chi connectivity index (χ1n) is 8.32. The molecule has 0 radical (unpaired) electrons. The third-order valence-corrected chi connectivity index (χ3v) is 5.11. The number of amides is 2. The molecule has 2 amide bonds. The molecule has 5 heteroatoms. The highest BCUT2D eigenvalue weighted by molar-refractivity contribution is 5.78. The minimum atomic E-state index is -0.428. The van der Waals surface area contributed by atoms with Gasteiger partial charge in [-0.3, -0.25) is 9.59 Å². The molecular formula is C18H24N2O3. The predicted octanol–water partition coefficient (Wildman–Crippen LogP) is 1.41. The number of hydrogen-bond donors (Lipinski definition) is 1. The lowest BCUT2D eigenvalue weighted by atomic mass is 9.73. The van der Waals surface area contributed by atoms with Crippen LogP contribution in [-0.2, 0) is 16.1 Å². The second-order valence-electron chi connectivity index (χ2n) is 6.81. The summed E-state index contributed by atoms with van der Waals surface area (Å²) in [4.78, 5) is 27.8. The zero-order valence-electron chi connectivity index (χ0n) is 13.4. The average Bonchev–Trinajstić information content (AvgIpc) is 2.59. The molecule has 5 nitrogen and oxygen atoms in total. The molecule has 1 atom stereocenters. The molecule has 2 saturated heterocycles. The van der Waals surface area contributed by atoms with Gasteiger partial charge in [0.05, 0.1) is 0 Å². The quantitative estimate of drug-likeness (QED) is 0.917. The van der Waals surface area contributed by atoms with E-state index < -0.39 is 6.61 Å². The van der Waals surface area contributed by atoms with Gasteiger partial charge >= 0.3 is 0 Å². The summed E-state index contributed by atoms with van der Waals surface area (Å²) in [7, 11) is 0. The van der Waals surface area contributed by atoms with Crippen LogP contribution in [0.2, 0.25) is 0 Å². The van der Waals surface area contributed by atoms with Gasteiger partial charge < -0.3 is 14.9 Å². The summed E-state index contributed by atoms with van der Waals surface area (Å²) in [5.41, 5.74) is 1.13. The smallest absolute Gasteiger partial charge is 0.248 e. The van der Waals surface area contributed by atoms with Crippen molar-refractivity contribution < 1.29 is 14.7 Å². The summed E-state index contributed by atoms with van der Waals surface area (Å²) in [6.07, 6.45) is 3.38. The fourth-order valence-corrected chi connectivity index (χ4v) is 3.90. The van der Waals surface area contributed by atoms with Crippen molar-refractivity contribution >= 4 is 11.8 Å². The van der Waals surface area contributed by atoms with Gasteiger partial charge in [-0.2, -0.15) is 0 Å². The molecule has 0 bridgehead atoms. The van der Waals surface area contributed by atoms with Crippen LogP contribution >= 0.6 is 0 Å². The zero-order chi connectivity index (χ0) is 16.3. The van der Waals surface area contributed by atoms with Crippen molar-refractivity contribution in [2.24, 2.45) is 5.41 Å². The molecule has 0 aromatic heterocycles. The normalized spacial score (nSPS) is 25.0. The van der Waals surface area contributed by atoms with Crippen LogP contribution in [0.1, 0.15) is 31.2 Å². The molecule has 0 aliphatic carbocycles. The van der Waals surface area contributed by atoms with Crippen molar-refractivity contribution in [2.45, 2.75) is 32.2 Å². The first-order valence-corrected chi connectivity index (χ1v) is 8.32. The van der Waals surface area contributed by atoms with E-state index in [2.05, 4.69) is 0 Å². The zero-order valence-corrected chi connectivity index (χ0v) is 13.4. The second-order valence-corrected chi connectivity index (χ2v) is 6.81. The van der Waals surface area contributed by atoms with Gasteiger partial charge in [0, 0.05) is 38.0 Å². The molecule has 2 heterocycles. The van der Waals surface area contributed by atoms with Crippen molar-refractivity contribution in [1.29, 1.82) is 0 Å². The van der Waals surface area contributed by atoms with Crippen molar-refractivity contribution in [3.05, 3.63) is 35.9 Å². The monoisotopic (exact) mass is 316 g/mol. The number of hydrogen-bond acceptors (Lipinski definition) is 3. The summed E-state index contributed by atoms with van der Waals surface area (Å²) < 4.78 is 0. The number of aliphatic hydroxyl groups excluding tert-OH is 1. The molecule has 1 N–H and O–H groups in total. The molecular weight excluding hydrogens is 292 g/mol. The molecule has 124 valence electrons. The molecule has 23 heavy (non-hydrogen) atoms. The van der Waals surface area contributed by atoms with Crippen LogP contribution in [0.5, 0.6) is 0 Å². The summed E-state index contributed by atoms with van der Waals surface area (Å²) >= 11 is 0. The molecule has 3 rings (SSSR count). The van der Waals surface area contributed by atoms with Crippen molar-refractivity contribution in [2.75, 3.05) is 26.2 Å². The Morgan fingerprint density at radius 3 is 2.70 bits per heavy atom. The lowest BCUT2D eigenvalue weighted by molar-refractivity contribution is -0.144. The van der Waals surface area contributed by atoms with E-state index in [1.165, 1.54) is 0 Å². The first kappa shape index (κ1) is 16.0. The lowest BCUT2D eigenvalue weighted by Crippen LogP contribution is -2.55. The van der Waals surface area contributed by atoms with E-state index in [4.69, 9.17) is 5.11 Å². The van der Waals surface area contributed by atoms with Gasteiger partial charge in [-0.25, -0.2) is 0 Å². The number of carbonyl (C=O) groups is 2. The number of carbonyl (C=O) groups excluding carboxylic acids is 2. The maximum Gasteiger partial charge on any atom is 0.248 e. The van der Waals surface area contributed by atoms with Crippen molar-refractivity contribution in [3.63, 3.8) is 0 Å². The van der Waals surface area contributed by atoms with E-state index in [-0.39, 0.29) is 17.2 Å². The molecule has 1 spiro atoms. The third kappa shape index (κ3) is 3.55. The van der Waals surface area contributed by atoms with E-state index >= 15 is 0 Å². The maximum atomic E-state index is 12.3. The summed E-state index contributed by atoms with van der Waals surface area (Å²) in [6.45, 7) is 2.28. The minimum Gasteiger partial charge on any atom is -0.387 e. The van der Waals surface area contributed by atoms with E-state index in [9.17, 15) is 9.59 Å². The Morgan fingerprint density at radius 1 is 1.17 bits per heavy atom. The Kier molecular flexibility index (Phi) is 4.66. The number of benzene rings is 1. The lowest BCUT2D eigenvalue weighted by Gasteiger charge is -2.48. The Labute approximate surface area is 136 Å². The van der Waals surface area contributed by atoms with E-state index in [1.807, 2.05) is 35.2 Å². The highest BCUT2D eigenvalue weighted by Crippen LogP contribution is 2.39. The Hall–Kier alpha value is -1.88. The van der Waals surface area contributed by atoms with Gasteiger partial charge in [0.1, 0.15) is 6.61 Å². The van der Waals surface area contributed by atoms with Gasteiger partial charge in [-0.15, -0.1) is 0 Å². The van der Waals surface area contributed by atoms with Gasteiger partial charge in [0.15, 0.2) is 0 Å². The highest BCUT2D eigenvalue weighted by Gasteiger charge is 2.42. The van der Waals surface area contributed by atoms with E-state index in [0.717, 1.165) is 24.8 Å². The van der Waals surface area contributed by atoms with Crippen LogP contribution in [0.15, 0.2) is 30.3 Å². The number of piperidine rings is 2. The van der Waals surface area contributed by atoms with Crippen LogP contribution in [0, 0.1) is 5.41 Å². The summed E-state index contributed by atoms with van der Waals surface area (Å²) in [5, 5.41) is 9.11. The van der Waals surface area contributed by atoms with Crippen molar-refractivity contribution in [1.82, 2.24) is 9.80 Å². The summed E-state index contributed by atoms with van der Waals surface area (Å²) in [5.74, 6) is 0.000621. The number of aliphatic hydroxyl groups is 1. The first-order chi connectivity index (χ1) is 11.1. The molecule has 1 aromatic carbocycles. The number of nitrogens with zero attached hydrogens (tertiary/aromatic N) is 2. The van der Waals surface area contributed by atoms with Crippen LogP contribution in [0.25, 0.3) is 0 Å². The molecule has 2 aliphatic heterocycles. The fourth-order valence-electron chi connectivity index (χ4n) is 3.90. The number of likely N-dealkylation sites (tertiary alicyclic amines) is 2. The van der Waals surface area contributed by atoms with E-state index in [1.54, 1.807) is 4.90 Å². The van der Waals surface area contributed by atoms with Gasteiger partial charge in [-0.1, -0.05) is 30.3 Å². The molecule has 1 aromatic rings. The molecule has 2 aliphatic rings. The van der Waals surface area contributed by atoms with Crippen LogP contribution in [0.3, 0.4) is 0 Å². The topological polar surface area (TPSA) is 60.9 Å². The fraction of sp³-hybridized carbons (Fsp3) is 0.556. The van der Waals surface area contributed by atoms with Crippen LogP contribution in [-0.4, -0.2) is 53.0 Å². The van der Waals surface area contributed by atoms with Crippen LogP contribution < -0.4 is 0 Å². The SMILES string of the molecule is O=C(CO)N1CCCC2(CCC(=O)N(Cc3ccccc3)C2)C1.